The zero-order valence-electron chi connectivity index (χ0n) is 11.6. The van der Waals surface area contributed by atoms with Crippen molar-refractivity contribution in [1.82, 2.24) is 10.2 Å². The molecule has 0 aliphatic carbocycles. The van der Waals surface area contributed by atoms with Crippen LogP contribution in [0.4, 0.5) is 5.82 Å². The van der Waals surface area contributed by atoms with Gasteiger partial charge in [0.25, 0.3) is 5.82 Å². The molecule has 2 N–H and O–H groups in total. The van der Waals surface area contributed by atoms with Crippen molar-refractivity contribution < 1.29 is 4.98 Å². The number of hydrogen-bond donors (Lipinski definition) is 1. The Morgan fingerprint density at radius 2 is 2.11 bits per heavy atom. The van der Waals surface area contributed by atoms with Gasteiger partial charge in [-0.2, -0.15) is 0 Å². The number of nitrogens with zero attached hydrogens (tertiary/aromatic N) is 2. The molecule has 0 aromatic carbocycles. The maximum Gasteiger partial charge on any atom is 0.274 e. The molecule has 19 heavy (non-hydrogen) atoms. The van der Waals surface area contributed by atoms with Crippen molar-refractivity contribution >= 4 is 23.1 Å². The lowest BCUT2D eigenvalue weighted by molar-refractivity contribution is -0.364. The van der Waals surface area contributed by atoms with E-state index in [1.54, 1.807) is 0 Å². The van der Waals surface area contributed by atoms with Crippen molar-refractivity contribution in [3.8, 4) is 0 Å². The molecule has 1 aromatic rings. The molecule has 104 valence electrons. The van der Waals surface area contributed by atoms with Crippen molar-refractivity contribution in [3.05, 3.63) is 24.4 Å². The molecule has 5 heteroatoms. The molecule has 0 unspecified atom stereocenters. The number of H-pyrrole nitrogens is 1. The van der Waals surface area contributed by atoms with Crippen LogP contribution >= 0.6 is 12.2 Å². The normalized spacial score (nSPS) is 15.4. The number of hydrogen-bond acceptors (Lipinski definition) is 2. The second-order valence-corrected chi connectivity index (χ2v) is 5.19. The molecule has 1 aromatic heterocycles. The molecule has 0 saturated carbocycles. The van der Waals surface area contributed by atoms with E-state index in [1.165, 1.54) is 18.7 Å². The smallest absolute Gasteiger partial charge is 0.274 e. The first-order chi connectivity index (χ1) is 9.31. The molecule has 1 aliphatic heterocycles. The molecule has 4 nitrogen and oxygen atoms in total. The Kier molecular flexibility index (Phi) is 5.39. The lowest BCUT2D eigenvalue weighted by Gasteiger charge is -2.32. The van der Waals surface area contributed by atoms with E-state index in [1.807, 2.05) is 12.3 Å². The van der Waals surface area contributed by atoms with Crippen LogP contribution in [0.1, 0.15) is 19.8 Å². The summed E-state index contributed by atoms with van der Waals surface area (Å²) in [6, 6.07) is 6.19. The van der Waals surface area contributed by atoms with Crippen LogP contribution in [-0.2, 0) is 0 Å². The van der Waals surface area contributed by atoms with E-state index in [-0.39, 0.29) is 0 Å². The predicted molar refractivity (Wildman–Crippen MR) is 82.3 cm³/mol. The number of aromatic nitrogens is 1. The van der Waals surface area contributed by atoms with Gasteiger partial charge in [-0.3, -0.25) is 4.90 Å². The number of pyridine rings is 1. The van der Waals surface area contributed by atoms with Crippen LogP contribution in [-0.4, -0.2) is 42.7 Å². The summed E-state index contributed by atoms with van der Waals surface area (Å²) in [6.45, 7) is 7.18. The van der Waals surface area contributed by atoms with Crippen LogP contribution in [0.5, 0.6) is 0 Å². The molecular formula is C14H23N4S+. The van der Waals surface area contributed by atoms with Gasteiger partial charge in [-0.15, -0.1) is 0 Å². The number of rotatable bonds is 4. The molecule has 0 atom stereocenters. The molecular weight excluding hydrogens is 256 g/mol. The van der Waals surface area contributed by atoms with Crippen LogP contribution in [0.25, 0.3) is 0 Å². The second kappa shape index (κ2) is 7.28. The van der Waals surface area contributed by atoms with E-state index in [0.717, 1.165) is 37.8 Å². The summed E-state index contributed by atoms with van der Waals surface area (Å²) in [7, 11) is 0. The highest BCUT2D eigenvalue weighted by Gasteiger charge is 2.24. The van der Waals surface area contributed by atoms with Crippen molar-refractivity contribution in [1.29, 1.82) is 0 Å². The minimum Gasteiger partial charge on any atom is -0.363 e. The van der Waals surface area contributed by atoms with Gasteiger partial charge >= 0.3 is 0 Å². The number of piperazine rings is 1. The molecule has 1 saturated heterocycles. The largest absolute Gasteiger partial charge is 0.363 e. The van der Waals surface area contributed by atoms with E-state index in [0.29, 0.717) is 0 Å². The summed E-state index contributed by atoms with van der Waals surface area (Å²) in [5, 5.41) is 4.25. The lowest BCUT2D eigenvalue weighted by Crippen LogP contribution is -2.52. The van der Waals surface area contributed by atoms with Crippen LogP contribution < -0.4 is 15.2 Å². The standard InChI is InChI=1S/C14H22N4S/c1-2-3-7-16-14(19)18-11-9-17(10-12-18)13-6-4-5-8-15-13/h4-6,8H,2-3,7,9-12H2,1H3,(H,16,19)/p+1. The van der Waals surface area contributed by atoms with Crippen LogP contribution in [0, 0.1) is 0 Å². The average molecular weight is 279 g/mol. The van der Waals surface area contributed by atoms with Crippen LogP contribution in [0.2, 0.25) is 0 Å². The SMILES string of the molecule is CCCCNC(=S)N1CCN(c2cccc[nH+]2)CC1. The van der Waals surface area contributed by atoms with E-state index >= 15 is 0 Å². The zero-order chi connectivity index (χ0) is 13.5. The number of nitrogens with one attached hydrogen (secondary N) is 2. The van der Waals surface area contributed by atoms with E-state index in [4.69, 9.17) is 12.2 Å². The third kappa shape index (κ3) is 4.06. The Bertz CT molecular complexity index is 388. The molecule has 2 heterocycles. The van der Waals surface area contributed by atoms with Crippen LogP contribution in [0.3, 0.4) is 0 Å². The van der Waals surface area contributed by atoms with E-state index in [2.05, 4.69) is 39.2 Å². The fraction of sp³-hybridized carbons (Fsp3) is 0.571. The number of anilines is 1. The first kappa shape index (κ1) is 14.1. The fourth-order valence-electron chi connectivity index (χ4n) is 2.21. The molecule has 1 aliphatic rings. The Morgan fingerprint density at radius 1 is 1.32 bits per heavy atom. The van der Waals surface area contributed by atoms with Crippen molar-refractivity contribution in [3.63, 3.8) is 0 Å². The van der Waals surface area contributed by atoms with Gasteiger partial charge in [0.05, 0.1) is 19.3 Å². The van der Waals surface area contributed by atoms with Gasteiger partial charge in [0.2, 0.25) is 0 Å². The number of aromatic amines is 1. The third-order valence-electron chi connectivity index (χ3n) is 3.41. The first-order valence-electron chi connectivity index (χ1n) is 7.05. The topological polar surface area (TPSA) is 32.6 Å². The highest BCUT2D eigenvalue weighted by molar-refractivity contribution is 7.80. The Hall–Kier alpha value is -1.36. The minimum absolute atomic E-state index is 0.908. The fourth-order valence-corrected chi connectivity index (χ4v) is 2.50. The van der Waals surface area contributed by atoms with Gasteiger partial charge in [-0.25, -0.2) is 4.98 Å². The predicted octanol–water partition coefficient (Wildman–Crippen LogP) is 1.30. The lowest BCUT2D eigenvalue weighted by atomic mass is 10.3. The van der Waals surface area contributed by atoms with Gasteiger partial charge < -0.3 is 10.2 Å². The van der Waals surface area contributed by atoms with E-state index < -0.39 is 0 Å². The average Bonchev–Trinajstić information content (AvgIpc) is 2.48. The zero-order valence-corrected chi connectivity index (χ0v) is 12.4. The maximum atomic E-state index is 5.43. The Labute approximate surface area is 120 Å². The maximum absolute atomic E-state index is 5.43. The highest BCUT2D eigenvalue weighted by atomic mass is 32.1. The van der Waals surface area contributed by atoms with E-state index in [9.17, 15) is 0 Å². The third-order valence-corrected chi connectivity index (χ3v) is 3.81. The first-order valence-corrected chi connectivity index (χ1v) is 7.46. The van der Waals surface area contributed by atoms with Crippen molar-refractivity contribution in [2.45, 2.75) is 19.8 Å². The summed E-state index contributed by atoms with van der Waals surface area (Å²) < 4.78 is 0. The van der Waals surface area contributed by atoms with Crippen molar-refractivity contribution in [2.24, 2.45) is 0 Å². The number of thiocarbonyl (C=S) groups is 1. The number of unbranched alkanes of at least 4 members (excludes halogenated alkanes) is 1. The summed E-state index contributed by atoms with van der Waals surface area (Å²) in [5.74, 6) is 1.19. The van der Waals surface area contributed by atoms with Crippen LogP contribution in [0.15, 0.2) is 24.4 Å². The summed E-state index contributed by atoms with van der Waals surface area (Å²) in [6.07, 6.45) is 4.35. The van der Waals surface area contributed by atoms with Gasteiger partial charge in [-0.05, 0) is 24.7 Å². The summed E-state index contributed by atoms with van der Waals surface area (Å²) in [4.78, 5) is 7.92. The minimum atomic E-state index is 0.908. The Morgan fingerprint density at radius 3 is 2.74 bits per heavy atom. The second-order valence-electron chi connectivity index (χ2n) is 4.81. The summed E-state index contributed by atoms with van der Waals surface area (Å²) in [5.41, 5.74) is 0. The molecule has 1 fully saturated rings. The molecule has 0 radical (unpaired) electrons. The Balaban J connectivity index is 1.77. The molecule has 2 rings (SSSR count). The summed E-state index contributed by atoms with van der Waals surface area (Å²) >= 11 is 5.43. The van der Waals surface area contributed by atoms with Gasteiger partial charge in [-0.1, -0.05) is 19.4 Å². The molecule has 0 spiro atoms. The van der Waals surface area contributed by atoms with Gasteiger partial charge in [0.1, 0.15) is 13.1 Å². The molecule has 0 bridgehead atoms. The molecule has 0 amide bonds. The van der Waals surface area contributed by atoms with Crippen molar-refractivity contribution in [2.75, 3.05) is 37.6 Å². The quantitative estimate of drug-likeness (QED) is 0.665. The van der Waals surface area contributed by atoms with Gasteiger partial charge in [0, 0.05) is 12.6 Å². The van der Waals surface area contributed by atoms with Gasteiger partial charge in [0.15, 0.2) is 5.11 Å². The monoisotopic (exact) mass is 279 g/mol. The highest BCUT2D eigenvalue weighted by Crippen LogP contribution is 2.09.